The third-order valence-corrected chi connectivity index (χ3v) is 4.13. The van der Waals surface area contributed by atoms with Gasteiger partial charge in [-0.2, -0.15) is 0 Å². The first-order chi connectivity index (χ1) is 13.1. The van der Waals surface area contributed by atoms with E-state index in [1.165, 1.54) is 0 Å². The molecule has 0 fully saturated rings. The molecule has 6 nitrogen and oxygen atoms in total. The summed E-state index contributed by atoms with van der Waals surface area (Å²) in [5.41, 5.74) is 1.13. The number of benzene rings is 2. The van der Waals surface area contributed by atoms with Crippen LogP contribution in [0, 0.1) is 0 Å². The number of methoxy groups -OCH3 is 3. The van der Waals surface area contributed by atoms with Crippen molar-refractivity contribution in [1.29, 1.82) is 0 Å². The molecule has 1 N–H and O–H groups in total. The van der Waals surface area contributed by atoms with Gasteiger partial charge in [-0.15, -0.1) is 0 Å². The van der Waals surface area contributed by atoms with Crippen LogP contribution in [0.5, 0.6) is 23.0 Å². The normalized spacial score (nSPS) is 11.4. The predicted molar refractivity (Wildman–Crippen MR) is 104 cm³/mol. The molecule has 0 spiro atoms. The molecule has 0 saturated heterocycles. The van der Waals surface area contributed by atoms with Gasteiger partial charge in [0, 0.05) is 6.54 Å². The second-order valence-electron chi connectivity index (χ2n) is 5.99. The summed E-state index contributed by atoms with van der Waals surface area (Å²) in [6, 6.07) is 13.1. The molecular formula is C21H27NO5. The molecule has 0 aromatic heterocycles. The fourth-order valence-corrected chi connectivity index (χ4v) is 2.64. The summed E-state index contributed by atoms with van der Waals surface area (Å²) in [6.07, 6.45) is 1.02. The first kappa shape index (κ1) is 20.4. The Bertz CT molecular complexity index is 747. The molecule has 0 aliphatic carbocycles. The zero-order valence-electron chi connectivity index (χ0n) is 16.3. The molecular weight excluding hydrogens is 346 g/mol. The molecule has 0 radical (unpaired) electrons. The maximum Gasteiger partial charge on any atom is 0.260 e. The molecule has 0 unspecified atom stereocenters. The lowest BCUT2D eigenvalue weighted by molar-refractivity contribution is -0.127. The molecule has 0 heterocycles. The lowest BCUT2D eigenvalue weighted by Crippen LogP contribution is -2.37. The van der Waals surface area contributed by atoms with Crippen LogP contribution in [0.25, 0.3) is 0 Å². The summed E-state index contributed by atoms with van der Waals surface area (Å²) in [6.45, 7) is 2.28. The van der Waals surface area contributed by atoms with Crippen molar-refractivity contribution in [3.05, 3.63) is 48.0 Å². The highest BCUT2D eigenvalue weighted by Crippen LogP contribution is 2.28. The Kier molecular flexibility index (Phi) is 7.79. The molecule has 0 aliphatic heterocycles. The third-order valence-electron chi connectivity index (χ3n) is 4.13. The zero-order chi connectivity index (χ0) is 19.6. The highest BCUT2D eigenvalue weighted by Gasteiger charge is 2.16. The lowest BCUT2D eigenvalue weighted by atomic mass is 10.1. The third kappa shape index (κ3) is 5.81. The first-order valence-corrected chi connectivity index (χ1v) is 8.87. The molecule has 27 heavy (non-hydrogen) atoms. The number of hydrogen-bond acceptors (Lipinski definition) is 5. The van der Waals surface area contributed by atoms with Crippen molar-refractivity contribution in [3.63, 3.8) is 0 Å². The van der Waals surface area contributed by atoms with Gasteiger partial charge in [-0.3, -0.25) is 4.79 Å². The quantitative estimate of drug-likeness (QED) is 0.648. The van der Waals surface area contributed by atoms with Crippen LogP contribution in [0.3, 0.4) is 0 Å². The van der Waals surface area contributed by atoms with Crippen molar-refractivity contribution in [2.75, 3.05) is 27.9 Å². The van der Waals surface area contributed by atoms with Gasteiger partial charge in [0.2, 0.25) is 0 Å². The molecule has 6 heteroatoms. The molecule has 0 saturated carbocycles. The minimum absolute atomic E-state index is 0.159. The van der Waals surface area contributed by atoms with Crippen LogP contribution >= 0.6 is 0 Å². The van der Waals surface area contributed by atoms with Gasteiger partial charge in [-0.25, -0.2) is 0 Å². The molecule has 0 bridgehead atoms. The van der Waals surface area contributed by atoms with Gasteiger partial charge in [0.1, 0.15) is 0 Å². The average molecular weight is 373 g/mol. The Morgan fingerprint density at radius 3 is 2.22 bits per heavy atom. The van der Waals surface area contributed by atoms with E-state index in [1.807, 2.05) is 30.3 Å². The Morgan fingerprint density at radius 1 is 0.926 bits per heavy atom. The molecule has 0 aliphatic rings. The van der Waals surface area contributed by atoms with Gasteiger partial charge < -0.3 is 24.3 Å². The number of rotatable bonds is 10. The number of para-hydroxylation sites is 2. The minimum atomic E-state index is -0.609. The number of carbonyl (C=O) groups is 1. The predicted octanol–water partition coefficient (Wildman–Crippen LogP) is 3.23. The minimum Gasteiger partial charge on any atom is -0.493 e. The van der Waals surface area contributed by atoms with Gasteiger partial charge in [0.25, 0.3) is 5.91 Å². The largest absolute Gasteiger partial charge is 0.493 e. The average Bonchev–Trinajstić information content (AvgIpc) is 2.71. The van der Waals surface area contributed by atoms with Crippen molar-refractivity contribution >= 4 is 5.91 Å². The molecule has 2 rings (SSSR count). The highest BCUT2D eigenvalue weighted by atomic mass is 16.5. The topological polar surface area (TPSA) is 66.0 Å². The molecule has 146 valence electrons. The number of amides is 1. The van der Waals surface area contributed by atoms with Gasteiger partial charge in [-0.05, 0) is 49.6 Å². The van der Waals surface area contributed by atoms with Crippen LogP contribution < -0.4 is 24.3 Å². The molecule has 2 aromatic rings. The van der Waals surface area contributed by atoms with Crippen molar-refractivity contribution in [3.8, 4) is 23.0 Å². The number of ether oxygens (including phenoxy) is 4. The van der Waals surface area contributed by atoms with Gasteiger partial charge in [0.05, 0.1) is 21.3 Å². The summed E-state index contributed by atoms with van der Waals surface area (Å²) < 4.78 is 21.5. The van der Waals surface area contributed by atoms with Gasteiger partial charge >= 0.3 is 0 Å². The number of nitrogens with one attached hydrogen (secondary N) is 1. The Morgan fingerprint density at radius 2 is 1.56 bits per heavy atom. The Balaban J connectivity index is 1.78. The second kappa shape index (κ2) is 10.3. The Hall–Kier alpha value is -2.89. The fraction of sp³-hybridized carbons (Fsp3) is 0.381. The van der Waals surface area contributed by atoms with Crippen LogP contribution in [0.4, 0.5) is 0 Å². The summed E-state index contributed by atoms with van der Waals surface area (Å²) in [4.78, 5) is 12.2. The molecule has 2 aromatic carbocycles. The Labute approximate surface area is 160 Å². The van der Waals surface area contributed by atoms with E-state index in [1.54, 1.807) is 40.4 Å². The van der Waals surface area contributed by atoms with Crippen molar-refractivity contribution in [1.82, 2.24) is 5.32 Å². The first-order valence-electron chi connectivity index (χ1n) is 8.87. The highest BCUT2D eigenvalue weighted by molar-refractivity contribution is 5.80. The number of hydrogen-bond donors (Lipinski definition) is 1. The van der Waals surface area contributed by atoms with Gasteiger partial charge in [-0.1, -0.05) is 18.2 Å². The van der Waals surface area contributed by atoms with Crippen molar-refractivity contribution in [2.24, 2.45) is 0 Å². The molecule has 1 atom stereocenters. The van der Waals surface area contributed by atoms with Crippen LogP contribution in [-0.4, -0.2) is 39.9 Å². The van der Waals surface area contributed by atoms with E-state index in [2.05, 4.69) is 5.32 Å². The monoisotopic (exact) mass is 373 g/mol. The van der Waals surface area contributed by atoms with Crippen LogP contribution in [0.1, 0.15) is 18.9 Å². The molecule has 1 amide bonds. The van der Waals surface area contributed by atoms with E-state index in [4.69, 9.17) is 18.9 Å². The lowest BCUT2D eigenvalue weighted by Gasteiger charge is -2.16. The van der Waals surface area contributed by atoms with E-state index in [9.17, 15) is 4.79 Å². The SMILES string of the molecule is COc1ccc(CCCNC(=O)[C@@H](C)Oc2ccccc2OC)cc1OC. The second-order valence-corrected chi connectivity index (χ2v) is 5.99. The van der Waals surface area contributed by atoms with Gasteiger partial charge in [0.15, 0.2) is 29.1 Å². The van der Waals surface area contributed by atoms with Crippen molar-refractivity contribution in [2.45, 2.75) is 25.9 Å². The maximum absolute atomic E-state index is 12.2. The van der Waals surface area contributed by atoms with E-state index >= 15 is 0 Å². The summed E-state index contributed by atoms with van der Waals surface area (Å²) in [5, 5.41) is 2.90. The van der Waals surface area contributed by atoms with Crippen LogP contribution in [-0.2, 0) is 11.2 Å². The number of carbonyl (C=O) groups excluding carboxylic acids is 1. The summed E-state index contributed by atoms with van der Waals surface area (Å²) in [7, 11) is 4.80. The number of aryl methyl sites for hydroxylation is 1. The van der Waals surface area contributed by atoms with E-state index < -0.39 is 6.10 Å². The smallest absolute Gasteiger partial charge is 0.260 e. The standard InChI is InChI=1S/C21H27NO5/c1-15(27-19-10-6-5-9-17(19)24-2)21(23)22-13-7-8-16-11-12-18(25-3)20(14-16)26-4/h5-6,9-12,14-15H,7-8,13H2,1-4H3,(H,22,23)/t15-/m1/s1. The van der Waals surface area contributed by atoms with E-state index in [-0.39, 0.29) is 5.91 Å². The van der Waals surface area contributed by atoms with Crippen LogP contribution in [0.15, 0.2) is 42.5 Å². The zero-order valence-corrected chi connectivity index (χ0v) is 16.3. The van der Waals surface area contributed by atoms with E-state index in [0.717, 1.165) is 18.4 Å². The summed E-state index contributed by atoms with van der Waals surface area (Å²) >= 11 is 0. The van der Waals surface area contributed by atoms with E-state index in [0.29, 0.717) is 29.5 Å². The van der Waals surface area contributed by atoms with Crippen molar-refractivity contribution < 1.29 is 23.7 Å². The maximum atomic E-state index is 12.2. The fourth-order valence-electron chi connectivity index (χ4n) is 2.64. The summed E-state index contributed by atoms with van der Waals surface area (Å²) in [5.74, 6) is 2.40. The van der Waals surface area contributed by atoms with Crippen LogP contribution in [0.2, 0.25) is 0 Å².